The summed E-state index contributed by atoms with van der Waals surface area (Å²) in [7, 11) is -178. The van der Waals surface area contributed by atoms with Crippen LogP contribution >= 0.6 is 0 Å². The lowest BCUT2D eigenvalue weighted by Gasteiger charge is -2.19. The molecule has 82 heteroatoms. The number of rotatable bonds is 44. The molecule has 3 N–H and O–H groups in total. The molecule has 0 saturated heterocycles. The van der Waals surface area contributed by atoms with Gasteiger partial charge in [0.1, 0.15) is 0 Å². The smallest absolute Gasteiger partial charge is 0.533 e. The largest absolute Gasteiger partial charge is 0.558 e. The van der Waals surface area contributed by atoms with Crippen LogP contribution in [0.1, 0.15) is 6.42 Å². The summed E-state index contributed by atoms with van der Waals surface area (Å²) in [5.74, 6) is 0. The van der Waals surface area contributed by atoms with Gasteiger partial charge in [-0.05, 0) is 26.6 Å². The third-order valence-electron chi connectivity index (χ3n) is 9.09. The molecule has 0 aliphatic heterocycles. The first-order valence-corrected chi connectivity index (χ1v) is 116. The van der Waals surface area contributed by atoms with Gasteiger partial charge in [-0.1, -0.05) is 0 Å². The topological polar surface area (TPSA) is 710 Å². The second-order valence-electron chi connectivity index (χ2n) is 15.1. The number of hydrogen-bond acceptors (Lipinski definition) is 42. The third-order valence-corrected chi connectivity index (χ3v) is 306. The van der Waals surface area contributed by atoms with Crippen molar-refractivity contribution in [3.05, 3.63) is 0 Å². The van der Waals surface area contributed by atoms with E-state index >= 15 is 0 Å². The molecule has 0 aromatic rings. The molecule has 2 radical (unpaired) electrons. The van der Waals surface area contributed by atoms with Crippen molar-refractivity contribution in [2.45, 2.75) is 19.0 Å². The highest BCUT2D eigenvalue weighted by atomic mass is 30.2. The van der Waals surface area contributed by atoms with Gasteiger partial charge < -0.3 is 189 Å². The zero-order chi connectivity index (χ0) is 68.7. The van der Waals surface area contributed by atoms with Gasteiger partial charge in [0, 0.05) is 6.04 Å². The molecular formula is C5H15NO41Si40. The monoisotopic (exact) mass is 1860 g/mol. The van der Waals surface area contributed by atoms with E-state index in [2.05, 4.69) is 5.32 Å². The van der Waals surface area contributed by atoms with Crippen LogP contribution in [-0.4, -0.2) is 335 Å². The Morgan fingerprint density at radius 3 is 0.552 bits per heavy atom. The van der Waals surface area contributed by atoms with Gasteiger partial charge in [-0.3, -0.25) is 0 Å². The van der Waals surface area contributed by atoms with Gasteiger partial charge in [0.2, 0.25) is 0 Å². The molecule has 446 valence electrons. The van der Waals surface area contributed by atoms with Crippen LogP contribution in [0.4, 0.5) is 0 Å². The summed E-state index contributed by atoms with van der Waals surface area (Å²) in [6, 6.07) is -0.100. The predicted molar refractivity (Wildman–Crippen MR) is 291 cm³/mol. The van der Waals surface area contributed by atoms with Crippen LogP contribution in [0.3, 0.4) is 0 Å². The summed E-state index contributed by atoms with van der Waals surface area (Å²) in [6.45, 7) is 1.43. The van der Waals surface area contributed by atoms with Crippen molar-refractivity contribution in [1.82, 2.24) is 5.32 Å². The summed E-state index contributed by atoms with van der Waals surface area (Å²) in [5, 5.41) is 2.71. The normalized spacial score (nSPS) is 10.8. The third kappa shape index (κ3) is 23.8. The van der Waals surface area contributed by atoms with Gasteiger partial charge in [-0.15, -0.1) is 0 Å². The Morgan fingerprint density at radius 1 is 0.276 bits per heavy atom. The van der Waals surface area contributed by atoms with Gasteiger partial charge in [0.05, 0.1) is 0 Å². The van der Waals surface area contributed by atoms with E-state index in [1.54, 1.807) is 7.05 Å². The molecule has 0 spiro atoms. The fraction of sp³-hybridized carbons (Fsp3) is 1.00. The summed E-state index contributed by atoms with van der Waals surface area (Å²) in [4.78, 5) is 19.1. The molecule has 1 atom stereocenters. The molecule has 0 amide bonds. The summed E-state index contributed by atoms with van der Waals surface area (Å²) in [6.07, 6.45) is 0.250. The quantitative estimate of drug-likeness (QED) is 0.0377. The Kier molecular flexibility index (Phi) is 40.1. The molecule has 0 saturated carbocycles. The highest BCUT2D eigenvalue weighted by molar-refractivity contribution is 7.86. The lowest BCUT2D eigenvalue weighted by atomic mass is 10.5. The Hall–Kier alpha value is 0.755. The van der Waals surface area contributed by atoms with E-state index in [1.807, 2.05) is 0 Å². The summed E-state index contributed by atoms with van der Waals surface area (Å²) in [5.41, 5.74) is 0. The molecule has 1 unspecified atom stereocenters. The van der Waals surface area contributed by atoms with Crippen molar-refractivity contribution in [1.29, 1.82) is 0 Å². The molecular weight excluding hydrogens is 1850 g/mol. The highest BCUT2D eigenvalue weighted by Gasteiger charge is 2.60. The molecule has 0 bridgehead atoms. The molecule has 87 heavy (non-hydrogen) atoms. The number of hydrogen-bond donors (Lipinski definition) is 3. The van der Waals surface area contributed by atoms with Gasteiger partial charge >= 0.3 is 303 Å². The second kappa shape index (κ2) is 39.7. The second-order valence-corrected chi connectivity index (χ2v) is 202. The van der Waals surface area contributed by atoms with Crippen molar-refractivity contribution >= 4 is 312 Å². The lowest BCUT2D eigenvalue weighted by Crippen LogP contribution is -2.58. The van der Waals surface area contributed by atoms with Crippen LogP contribution in [0.15, 0.2) is 0 Å². The van der Waals surface area contributed by atoms with Crippen LogP contribution < -0.4 is 5.32 Å². The number of nitrogens with one attached hydrogen (secondary N) is 1. The van der Waals surface area contributed by atoms with Crippen molar-refractivity contribution in [2.75, 3.05) is 13.6 Å². The Morgan fingerprint density at radius 2 is 0.414 bits per heavy atom. The first-order valence-electron chi connectivity index (χ1n) is 20.8. The van der Waals surface area contributed by atoms with Crippen LogP contribution in [0.25, 0.3) is 0 Å². The van der Waals surface area contributed by atoms with E-state index in [0.717, 1.165) is 6.55 Å². The van der Waals surface area contributed by atoms with E-state index in [4.69, 9.17) is 8.91 Å². The zero-order valence-electron chi connectivity index (χ0n) is 41.4. The molecule has 42 nitrogen and oxygen atoms in total. The maximum Gasteiger partial charge on any atom is 0.533 e. The standard InChI is InChI=1S/C5H15NO41Si40/c1-6-4-3-5-87(2,46)47-49(8)51(10)53(12)55(14)57(16)59(18)61(20)63(22)65(24)67(26)69(28)71(30)73(32)75(34)77(36)79(38)81(40)83(42)85(44)86(45)84(43)82(41)80(39)78(37)76(35)74(33)72(31)70(29)68(27)66(25)64(23)62(21)60(19)58(17)56(15)54(13)52(11)50(9)48-7/h6-7,46H,3-5H2,1-2H3. The van der Waals surface area contributed by atoms with Crippen molar-refractivity contribution < 1.29 is 183 Å². The highest BCUT2D eigenvalue weighted by Crippen LogP contribution is 2.10. The van der Waals surface area contributed by atoms with Gasteiger partial charge in [-0.2, -0.15) is 0 Å². The van der Waals surface area contributed by atoms with Crippen molar-refractivity contribution in [3.8, 4) is 0 Å². The van der Waals surface area contributed by atoms with Gasteiger partial charge in [-0.25, -0.2) is 0 Å². The predicted octanol–water partition coefficient (Wildman–Crippen LogP) is -19.8. The first kappa shape index (κ1) is 87.8. The van der Waals surface area contributed by atoms with Crippen molar-refractivity contribution in [3.63, 3.8) is 0 Å². The van der Waals surface area contributed by atoms with E-state index in [9.17, 15) is 174 Å². The minimum atomic E-state index is -4.85. The van der Waals surface area contributed by atoms with E-state index in [0.29, 0.717) is 6.54 Å². The van der Waals surface area contributed by atoms with E-state index in [-0.39, 0.29) is 12.5 Å². The zero-order valence-corrected chi connectivity index (χ0v) is 81.4. The Bertz CT molecular complexity index is 3760. The summed E-state index contributed by atoms with van der Waals surface area (Å²) < 4.78 is 485. The van der Waals surface area contributed by atoms with Gasteiger partial charge in [0.25, 0.3) is 9.28 Å². The minimum Gasteiger partial charge on any atom is -0.558 e. The first-order chi connectivity index (χ1) is 39.7. The lowest BCUT2D eigenvalue weighted by molar-refractivity contribution is 0.360. The van der Waals surface area contributed by atoms with Crippen LogP contribution in [0.5, 0.6) is 0 Å². The maximum absolute atomic E-state index is 12.8. The molecule has 0 heterocycles. The van der Waals surface area contributed by atoms with Crippen LogP contribution in [0.2, 0.25) is 12.6 Å². The van der Waals surface area contributed by atoms with Crippen molar-refractivity contribution in [2.24, 2.45) is 0 Å². The average molecular weight is 1870 g/mol. The fourth-order valence-electron chi connectivity index (χ4n) is 4.64. The minimum absolute atomic E-state index is 0.100. The summed E-state index contributed by atoms with van der Waals surface area (Å²) >= 11 is 0. The van der Waals surface area contributed by atoms with E-state index < -0.39 is 312 Å². The van der Waals surface area contributed by atoms with Crippen LogP contribution in [-0.2, 0) is 174 Å². The molecule has 0 aromatic carbocycles. The Labute approximate surface area is 527 Å². The van der Waals surface area contributed by atoms with Crippen LogP contribution in [0, 0.1) is 0 Å². The molecule has 0 rings (SSSR count). The molecule has 0 aromatic heterocycles. The molecule has 0 fully saturated rings. The average Bonchev–Trinajstić information content (AvgIpc) is 2.20. The van der Waals surface area contributed by atoms with E-state index in [1.165, 1.54) is 0 Å². The van der Waals surface area contributed by atoms with Gasteiger partial charge in [0.15, 0.2) is 0 Å². The fourth-order valence-corrected chi connectivity index (χ4v) is 447. The molecule has 0 aliphatic rings. The maximum atomic E-state index is 12.8. The SMILES string of the molecule is CNCCC[Si](C)(O)O[Si](=O)[Si](=O)[Si](=O)[Si](=O)[Si](=O)[Si](=O)[Si](=O)[Si](=O)[Si](=O)[Si](=O)[Si](=O)[Si](=O)[Si](=O)[Si](=O)[Si](=O)[Si](=O)[Si](=O)[Si](=O)[Si](=O)[Si](=O)[Si](=O)[Si](=O)[Si](=O)[Si](=O)[Si](=O)[Si](=O)[Si](=O)[Si](=O)[Si](=O)[Si](=O)[Si](=O)[Si](=O)[Si](=O)[Si](=O)[Si](=O)[Si](=O)[Si](=O)[Si](=O)[Si]O. The molecule has 0 aliphatic carbocycles. The Balaban J connectivity index is 5.95.